The van der Waals surface area contributed by atoms with Crippen molar-refractivity contribution in [2.24, 2.45) is 0 Å². The monoisotopic (exact) mass is 436 g/mol. The fourth-order valence-electron chi connectivity index (χ4n) is 3.17. The number of anilines is 2. The zero-order valence-corrected chi connectivity index (χ0v) is 17.0. The van der Waals surface area contributed by atoms with Gasteiger partial charge in [-0.05, 0) is 48.9 Å². The van der Waals surface area contributed by atoms with Crippen LogP contribution in [0, 0.1) is 6.92 Å². The van der Waals surface area contributed by atoms with Crippen LogP contribution in [0.2, 0.25) is 0 Å². The standard InChI is InChI=1S/C24H19F3N4O/c1-15-8-10-16(11-9-15)21-14-22(31-30-21)17-4-2-6-19(12-17)28-23(32)29-20-7-3-5-18(13-20)24(25,26)27/h2-14H,1H3,(H,30,31)(H2,28,29,32). The second-order valence-corrected chi connectivity index (χ2v) is 7.27. The van der Waals surface area contributed by atoms with E-state index in [1.165, 1.54) is 12.1 Å². The second-order valence-electron chi connectivity index (χ2n) is 7.27. The van der Waals surface area contributed by atoms with Gasteiger partial charge in [-0.3, -0.25) is 5.10 Å². The molecular weight excluding hydrogens is 417 g/mol. The normalized spacial score (nSPS) is 11.2. The number of alkyl halides is 3. The Kier molecular flexibility index (Phi) is 5.68. The molecule has 2 amide bonds. The Labute approximate surface area is 182 Å². The number of nitrogens with one attached hydrogen (secondary N) is 3. The van der Waals surface area contributed by atoms with Gasteiger partial charge in [0.05, 0.1) is 17.0 Å². The first-order valence-corrected chi connectivity index (χ1v) is 9.76. The minimum absolute atomic E-state index is 0.0449. The summed E-state index contributed by atoms with van der Waals surface area (Å²) in [7, 11) is 0. The molecule has 0 radical (unpaired) electrons. The van der Waals surface area contributed by atoms with Gasteiger partial charge in [0.15, 0.2) is 0 Å². The molecule has 0 aliphatic rings. The van der Waals surface area contributed by atoms with Crippen molar-refractivity contribution in [2.45, 2.75) is 13.1 Å². The molecular formula is C24H19F3N4O. The Hall–Kier alpha value is -4.07. The second kappa shape index (κ2) is 8.58. The van der Waals surface area contributed by atoms with Crippen LogP contribution in [0.5, 0.6) is 0 Å². The average molecular weight is 436 g/mol. The van der Waals surface area contributed by atoms with Gasteiger partial charge >= 0.3 is 12.2 Å². The molecule has 3 aromatic carbocycles. The number of hydrogen-bond acceptors (Lipinski definition) is 2. The van der Waals surface area contributed by atoms with Crippen molar-refractivity contribution < 1.29 is 18.0 Å². The van der Waals surface area contributed by atoms with Crippen molar-refractivity contribution >= 4 is 17.4 Å². The van der Waals surface area contributed by atoms with Gasteiger partial charge in [-0.25, -0.2) is 4.79 Å². The molecule has 4 aromatic rings. The lowest BCUT2D eigenvalue weighted by molar-refractivity contribution is -0.137. The number of aromatic amines is 1. The molecule has 3 N–H and O–H groups in total. The van der Waals surface area contributed by atoms with Crippen molar-refractivity contribution in [2.75, 3.05) is 10.6 Å². The number of aryl methyl sites for hydroxylation is 1. The highest BCUT2D eigenvalue weighted by Crippen LogP contribution is 2.31. The van der Waals surface area contributed by atoms with Crippen molar-refractivity contribution in [1.29, 1.82) is 0 Å². The van der Waals surface area contributed by atoms with Gasteiger partial charge in [-0.15, -0.1) is 0 Å². The summed E-state index contributed by atoms with van der Waals surface area (Å²) in [5.41, 5.74) is 4.19. The molecule has 0 atom stereocenters. The minimum atomic E-state index is -4.48. The molecule has 0 aliphatic heterocycles. The van der Waals surface area contributed by atoms with E-state index < -0.39 is 17.8 Å². The van der Waals surface area contributed by atoms with E-state index in [1.54, 1.807) is 18.2 Å². The molecule has 5 nitrogen and oxygen atoms in total. The maximum absolute atomic E-state index is 12.8. The number of benzene rings is 3. The predicted octanol–water partition coefficient (Wildman–Crippen LogP) is 6.71. The van der Waals surface area contributed by atoms with E-state index in [2.05, 4.69) is 20.8 Å². The van der Waals surface area contributed by atoms with E-state index in [0.717, 1.165) is 34.5 Å². The first kappa shape index (κ1) is 21.2. The number of halogens is 3. The van der Waals surface area contributed by atoms with E-state index in [0.29, 0.717) is 11.4 Å². The lowest BCUT2D eigenvalue weighted by Gasteiger charge is -2.11. The molecule has 0 saturated heterocycles. The number of carbonyl (C=O) groups excluding carboxylic acids is 1. The van der Waals surface area contributed by atoms with Crippen molar-refractivity contribution in [3.8, 4) is 22.5 Å². The van der Waals surface area contributed by atoms with Gasteiger partial charge in [0.1, 0.15) is 0 Å². The molecule has 32 heavy (non-hydrogen) atoms. The first-order chi connectivity index (χ1) is 15.3. The van der Waals surface area contributed by atoms with Gasteiger partial charge in [-0.1, -0.05) is 48.0 Å². The van der Waals surface area contributed by atoms with Crippen LogP contribution in [0.1, 0.15) is 11.1 Å². The fourth-order valence-corrected chi connectivity index (χ4v) is 3.17. The van der Waals surface area contributed by atoms with Crippen LogP contribution in [0.25, 0.3) is 22.5 Å². The molecule has 1 heterocycles. The Morgan fingerprint density at radius 3 is 2.19 bits per heavy atom. The summed E-state index contributed by atoms with van der Waals surface area (Å²) >= 11 is 0. The SMILES string of the molecule is Cc1ccc(-c2cc(-c3cccc(NC(=O)Nc4cccc(C(F)(F)F)c4)c3)n[nH]2)cc1. The quantitative estimate of drug-likeness (QED) is 0.333. The maximum Gasteiger partial charge on any atom is 0.416 e. The first-order valence-electron chi connectivity index (χ1n) is 9.76. The zero-order chi connectivity index (χ0) is 22.7. The summed E-state index contributed by atoms with van der Waals surface area (Å²) in [6, 6.07) is 20.8. The molecule has 1 aromatic heterocycles. The summed E-state index contributed by atoms with van der Waals surface area (Å²) in [4.78, 5) is 12.3. The van der Waals surface area contributed by atoms with Gasteiger partial charge in [0.25, 0.3) is 0 Å². The van der Waals surface area contributed by atoms with E-state index in [4.69, 9.17) is 0 Å². The molecule has 8 heteroatoms. The lowest BCUT2D eigenvalue weighted by atomic mass is 10.1. The Bertz CT molecular complexity index is 1250. The number of H-pyrrole nitrogens is 1. The van der Waals surface area contributed by atoms with Crippen LogP contribution in [0.3, 0.4) is 0 Å². The molecule has 0 fully saturated rings. The van der Waals surface area contributed by atoms with Crippen molar-refractivity contribution in [3.63, 3.8) is 0 Å². The number of urea groups is 1. The number of nitrogens with zero attached hydrogens (tertiary/aromatic N) is 1. The van der Waals surface area contributed by atoms with E-state index >= 15 is 0 Å². The van der Waals surface area contributed by atoms with Gasteiger partial charge < -0.3 is 10.6 Å². The molecule has 0 spiro atoms. The van der Waals surface area contributed by atoms with E-state index in [1.807, 2.05) is 43.3 Å². The highest BCUT2D eigenvalue weighted by Gasteiger charge is 2.30. The van der Waals surface area contributed by atoms with E-state index in [9.17, 15) is 18.0 Å². The summed E-state index contributed by atoms with van der Waals surface area (Å²) in [5.74, 6) is 0. The molecule has 0 saturated carbocycles. The maximum atomic E-state index is 12.8. The van der Waals surface area contributed by atoms with E-state index in [-0.39, 0.29) is 5.69 Å². The molecule has 0 unspecified atom stereocenters. The summed E-state index contributed by atoms with van der Waals surface area (Å²) in [6.45, 7) is 2.02. The summed E-state index contributed by atoms with van der Waals surface area (Å²) in [5, 5.41) is 12.4. The zero-order valence-electron chi connectivity index (χ0n) is 17.0. The van der Waals surface area contributed by atoms with Crippen LogP contribution in [-0.2, 0) is 6.18 Å². The van der Waals surface area contributed by atoms with Crippen molar-refractivity contribution in [1.82, 2.24) is 10.2 Å². The smallest absolute Gasteiger partial charge is 0.308 e. The van der Waals surface area contributed by atoms with Gasteiger partial charge in [-0.2, -0.15) is 18.3 Å². The third kappa shape index (κ3) is 4.97. The fraction of sp³-hybridized carbons (Fsp3) is 0.0833. The number of amides is 2. The Balaban J connectivity index is 1.47. The Morgan fingerprint density at radius 1 is 0.844 bits per heavy atom. The van der Waals surface area contributed by atoms with Crippen LogP contribution < -0.4 is 10.6 Å². The van der Waals surface area contributed by atoms with Crippen LogP contribution >= 0.6 is 0 Å². The van der Waals surface area contributed by atoms with Gasteiger partial charge in [0.2, 0.25) is 0 Å². The van der Waals surface area contributed by atoms with Crippen LogP contribution in [-0.4, -0.2) is 16.2 Å². The summed E-state index contributed by atoms with van der Waals surface area (Å²) in [6.07, 6.45) is -4.48. The molecule has 0 bridgehead atoms. The largest absolute Gasteiger partial charge is 0.416 e. The number of hydrogen-bond donors (Lipinski definition) is 3. The summed E-state index contributed by atoms with van der Waals surface area (Å²) < 4.78 is 38.5. The number of aromatic nitrogens is 2. The molecule has 4 rings (SSSR count). The van der Waals surface area contributed by atoms with Gasteiger partial charge in [0, 0.05) is 16.9 Å². The van der Waals surface area contributed by atoms with Crippen molar-refractivity contribution in [3.05, 3.63) is 90.0 Å². The third-order valence-electron chi connectivity index (χ3n) is 4.80. The number of carbonyl (C=O) groups is 1. The topological polar surface area (TPSA) is 69.8 Å². The molecule has 162 valence electrons. The van der Waals surface area contributed by atoms with Crippen LogP contribution in [0.15, 0.2) is 78.9 Å². The minimum Gasteiger partial charge on any atom is -0.308 e. The van der Waals surface area contributed by atoms with Crippen LogP contribution in [0.4, 0.5) is 29.3 Å². The number of rotatable bonds is 4. The average Bonchev–Trinajstić information content (AvgIpc) is 3.24. The third-order valence-corrected chi connectivity index (χ3v) is 4.80. The highest BCUT2D eigenvalue weighted by molar-refractivity contribution is 6.00. The lowest BCUT2D eigenvalue weighted by Crippen LogP contribution is -2.19. The predicted molar refractivity (Wildman–Crippen MR) is 118 cm³/mol. The highest BCUT2D eigenvalue weighted by atomic mass is 19.4. The Morgan fingerprint density at radius 2 is 1.50 bits per heavy atom. The molecule has 0 aliphatic carbocycles.